The molecule has 3 rings (SSSR count). The fourth-order valence-corrected chi connectivity index (χ4v) is 2.93. The maximum Gasteiger partial charge on any atom is 0.238 e. The fraction of sp³-hybridized carbons (Fsp3) is 0.286. The minimum absolute atomic E-state index is 0.187. The summed E-state index contributed by atoms with van der Waals surface area (Å²) < 4.78 is 4.40. The van der Waals surface area contributed by atoms with Crippen molar-refractivity contribution in [2.24, 2.45) is 14.1 Å². The molecule has 23 heavy (non-hydrogen) atoms. The lowest BCUT2D eigenvalue weighted by molar-refractivity contribution is -0.740. The van der Waals surface area contributed by atoms with Crippen LogP contribution in [-0.2, 0) is 19.5 Å². The molecule has 2 aromatic carbocycles. The average Bonchev–Trinajstić information content (AvgIpc) is 2.84. The van der Waals surface area contributed by atoms with E-state index in [1.165, 1.54) is 28.1 Å². The van der Waals surface area contributed by atoms with Crippen LogP contribution < -0.4 is 4.68 Å². The van der Waals surface area contributed by atoms with Crippen molar-refractivity contribution in [3.05, 3.63) is 66.2 Å². The van der Waals surface area contributed by atoms with E-state index in [1.807, 2.05) is 0 Å². The van der Waals surface area contributed by atoms with E-state index in [1.54, 1.807) is 0 Å². The number of hydrogen-bond acceptors (Lipinski definition) is 0. The lowest BCUT2D eigenvalue weighted by atomic mass is 9.86. The predicted molar refractivity (Wildman–Crippen MR) is 96.2 cm³/mol. The zero-order chi connectivity index (χ0) is 16.6. The number of rotatable bonds is 2. The molecule has 0 unspecified atom stereocenters. The van der Waals surface area contributed by atoms with Crippen molar-refractivity contribution in [1.29, 1.82) is 0 Å². The summed E-state index contributed by atoms with van der Waals surface area (Å²) >= 11 is 0. The summed E-state index contributed by atoms with van der Waals surface area (Å²) in [7, 11) is 4.22. The van der Waals surface area contributed by atoms with E-state index in [0.717, 1.165) is 0 Å². The lowest BCUT2D eigenvalue weighted by Gasteiger charge is -2.19. The van der Waals surface area contributed by atoms with E-state index in [4.69, 9.17) is 0 Å². The van der Waals surface area contributed by atoms with Gasteiger partial charge in [-0.3, -0.25) is 0 Å². The monoisotopic (exact) mass is 305 g/mol. The van der Waals surface area contributed by atoms with Crippen molar-refractivity contribution in [1.82, 2.24) is 4.68 Å². The van der Waals surface area contributed by atoms with E-state index in [-0.39, 0.29) is 5.41 Å². The Hall–Kier alpha value is -2.35. The highest BCUT2D eigenvalue weighted by Crippen LogP contribution is 2.27. The Labute approximate surface area is 139 Å². The highest BCUT2D eigenvalue weighted by atomic mass is 15.4. The van der Waals surface area contributed by atoms with Gasteiger partial charge in [0.15, 0.2) is 7.05 Å². The molecular weight excluding hydrogens is 280 g/mol. The Kier molecular flexibility index (Phi) is 3.85. The van der Waals surface area contributed by atoms with Crippen molar-refractivity contribution < 1.29 is 4.68 Å². The summed E-state index contributed by atoms with van der Waals surface area (Å²) in [5, 5.41) is 0. The molecule has 0 saturated carbocycles. The van der Waals surface area contributed by atoms with Gasteiger partial charge in [-0.15, -0.1) is 4.68 Å². The summed E-state index contributed by atoms with van der Waals surface area (Å²) in [6, 6.07) is 21.7. The van der Waals surface area contributed by atoms with E-state index in [2.05, 4.69) is 105 Å². The average molecular weight is 305 g/mol. The van der Waals surface area contributed by atoms with Crippen molar-refractivity contribution >= 4 is 0 Å². The summed E-state index contributed by atoms with van der Waals surface area (Å²) in [5.41, 5.74) is 6.49. The lowest BCUT2D eigenvalue weighted by Crippen LogP contribution is -2.39. The molecule has 0 aliphatic rings. The topological polar surface area (TPSA) is 8.81 Å². The molecule has 1 heterocycles. The number of nitrogens with zero attached hydrogens (tertiary/aromatic N) is 2. The van der Waals surface area contributed by atoms with Crippen LogP contribution in [0.25, 0.3) is 22.5 Å². The van der Waals surface area contributed by atoms with E-state index in [9.17, 15) is 0 Å². The molecule has 0 amide bonds. The maximum atomic E-state index is 2.27. The van der Waals surface area contributed by atoms with Crippen LogP contribution >= 0.6 is 0 Å². The minimum Gasteiger partial charge on any atom is -0.156 e. The molecule has 2 heteroatoms. The van der Waals surface area contributed by atoms with Gasteiger partial charge in [-0.1, -0.05) is 63.2 Å². The highest BCUT2D eigenvalue weighted by Gasteiger charge is 2.20. The van der Waals surface area contributed by atoms with Gasteiger partial charge < -0.3 is 0 Å². The van der Waals surface area contributed by atoms with Crippen molar-refractivity contribution in [3.63, 3.8) is 0 Å². The quantitative estimate of drug-likeness (QED) is 0.617. The largest absolute Gasteiger partial charge is 0.238 e. The second kappa shape index (κ2) is 5.69. The zero-order valence-corrected chi connectivity index (χ0v) is 14.7. The van der Waals surface area contributed by atoms with Gasteiger partial charge in [0.25, 0.3) is 0 Å². The SMILES string of the molecule is Cn1c(-c2ccc(C(C)(C)C)cc2)cc(-c2ccccc2)[n+]1C. The van der Waals surface area contributed by atoms with Crippen LogP contribution in [0.5, 0.6) is 0 Å². The van der Waals surface area contributed by atoms with Gasteiger partial charge in [0, 0.05) is 17.2 Å². The van der Waals surface area contributed by atoms with Gasteiger partial charge >= 0.3 is 0 Å². The summed E-state index contributed by atoms with van der Waals surface area (Å²) in [6.07, 6.45) is 0. The predicted octanol–water partition coefficient (Wildman–Crippen LogP) is 4.48. The second-order valence-electron chi connectivity index (χ2n) is 7.16. The van der Waals surface area contributed by atoms with Crippen LogP contribution in [-0.4, -0.2) is 4.68 Å². The third-order valence-electron chi connectivity index (χ3n) is 4.54. The van der Waals surface area contributed by atoms with Crippen molar-refractivity contribution in [2.45, 2.75) is 26.2 Å². The maximum absolute atomic E-state index is 2.27. The summed E-state index contributed by atoms with van der Waals surface area (Å²) in [6.45, 7) is 6.74. The third-order valence-corrected chi connectivity index (χ3v) is 4.54. The number of hydrogen-bond donors (Lipinski definition) is 0. The van der Waals surface area contributed by atoms with Crippen LogP contribution in [0.2, 0.25) is 0 Å². The normalized spacial score (nSPS) is 11.7. The molecular formula is C21H25N2+. The summed E-state index contributed by atoms with van der Waals surface area (Å²) in [4.78, 5) is 0. The molecule has 0 bridgehead atoms. The third kappa shape index (κ3) is 2.94. The Bertz CT molecular complexity index is 804. The molecule has 0 N–H and O–H groups in total. The molecule has 1 aromatic heterocycles. The molecule has 0 aliphatic heterocycles. The smallest absolute Gasteiger partial charge is 0.156 e. The van der Waals surface area contributed by atoms with E-state index < -0.39 is 0 Å². The molecule has 0 saturated heterocycles. The van der Waals surface area contributed by atoms with Crippen LogP contribution in [0.1, 0.15) is 26.3 Å². The molecule has 2 nitrogen and oxygen atoms in total. The molecule has 3 aromatic rings. The molecule has 0 aliphatic carbocycles. The van der Waals surface area contributed by atoms with Gasteiger partial charge in [-0.2, -0.15) is 4.68 Å². The van der Waals surface area contributed by atoms with Crippen LogP contribution in [0.4, 0.5) is 0 Å². The zero-order valence-electron chi connectivity index (χ0n) is 14.7. The molecule has 0 atom stereocenters. The van der Waals surface area contributed by atoms with Gasteiger partial charge in [0.1, 0.15) is 5.69 Å². The Morgan fingerprint density at radius 3 is 2.00 bits per heavy atom. The first kappa shape index (κ1) is 15.5. The highest BCUT2D eigenvalue weighted by molar-refractivity contribution is 5.66. The first-order valence-electron chi connectivity index (χ1n) is 8.10. The van der Waals surface area contributed by atoms with Gasteiger partial charge in [-0.25, -0.2) is 0 Å². The van der Waals surface area contributed by atoms with Crippen LogP contribution in [0.15, 0.2) is 60.7 Å². The molecule has 118 valence electrons. The standard InChI is InChI=1S/C21H25N2/c1-21(2,3)18-13-11-17(12-14-18)20-15-19(22(4)23(20)5)16-9-7-6-8-10-16/h6-15H,1-5H3/q+1. The Balaban J connectivity index is 2.05. The Morgan fingerprint density at radius 1 is 0.826 bits per heavy atom. The van der Waals surface area contributed by atoms with Crippen LogP contribution in [0.3, 0.4) is 0 Å². The fourth-order valence-electron chi connectivity index (χ4n) is 2.93. The van der Waals surface area contributed by atoms with Gasteiger partial charge in [-0.05, 0) is 23.1 Å². The van der Waals surface area contributed by atoms with Crippen molar-refractivity contribution in [3.8, 4) is 22.5 Å². The summed E-state index contributed by atoms with van der Waals surface area (Å²) in [5.74, 6) is 0. The molecule has 0 radical (unpaired) electrons. The number of aromatic nitrogens is 2. The van der Waals surface area contributed by atoms with Gasteiger partial charge in [0.2, 0.25) is 5.69 Å². The van der Waals surface area contributed by atoms with E-state index in [0.29, 0.717) is 0 Å². The first-order chi connectivity index (χ1) is 10.9. The van der Waals surface area contributed by atoms with Crippen molar-refractivity contribution in [2.75, 3.05) is 0 Å². The second-order valence-corrected chi connectivity index (χ2v) is 7.16. The molecule has 0 spiro atoms. The molecule has 0 fully saturated rings. The van der Waals surface area contributed by atoms with Gasteiger partial charge in [0.05, 0.1) is 7.05 Å². The minimum atomic E-state index is 0.187. The van der Waals surface area contributed by atoms with Crippen LogP contribution in [0, 0.1) is 0 Å². The number of benzene rings is 2. The first-order valence-corrected chi connectivity index (χ1v) is 8.10. The van der Waals surface area contributed by atoms with E-state index >= 15 is 0 Å². The Morgan fingerprint density at radius 2 is 1.43 bits per heavy atom.